The van der Waals surface area contributed by atoms with Crippen molar-refractivity contribution in [3.8, 4) is 10.6 Å². The second kappa shape index (κ2) is 3.86. The van der Waals surface area contributed by atoms with Crippen LogP contribution >= 0.6 is 27.3 Å². The van der Waals surface area contributed by atoms with Gasteiger partial charge in [-0.3, -0.25) is 0 Å². The van der Waals surface area contributed by atoms with E-state index in [9.17, 15) is 0 Å². The van der Waals surface area contributed by atoms with Crippen molar-refractivity contribution in [3.05, 3.63) is 34.6 Å². The molecule has 2 aromatic heterocycles. The molecule has 1 aliphatic carbocycles. The van der Waals surface area contributed by atoms with Crippen LogP contribution in [-0.4, -0.2) is 19.8 Å². The standard InChI is InChI=1S/C12H9BrN4S/c13-9-5-3-8(4-6-9)11-16-17-10(7-1-2-7)14-15-12(17)18-11/h3-7H,1-2H2. The Morgan fingerprint density at radius 2 is 1.94 bits per heavy atom. The van der Waals surface area contributed by atoms with Gasteiger partial charge in [0.05, 0.1) is 0 Å². The summed E-state index contributed by atoms with van der Waals surface area (Å²) in [5.74, 6) is 1.59. The Hall–Kier alpha value is -1.27. The SMILES string of the molecule is Brc1ccc(-c2nn3c(C4CC4)nnc3s2)cc1. The minimum Gasteiger partial charge on any atom is -0.187 e. The van der Waals surface area contributed by atoms with Crippen molar-refractivity contribution < 1.29 is 0 Å². The summed E-state index contributed by atoms with van der Waals surface area (Å²) in [6.07, 6.45) is 2.43. The maximum atomic E-state index is 4.63. The van der Waals surface area contributed by atoms with Crippen molar-refractivity contribution in [1.29, 1.82) is 0 Å². The number of rotatable bonds is 2. The Morgan fingerprint density at radius 3 is 2.67 bits per heavy atom. The zero-order valence-corrected chi connectivity index (χ0v) is 11.8. The summed E-state index contributed by atoms with van der Waals surface area (Å²) in [4.78, 5) is 0.884. The van der Waals surface area contributed by atoms with E-state index in [1.807, 2.05) is 16.6 Å². The third-order valence-electron chi connectivity index (χ3n) is 3.05. The van der Waals surface area contributed by atoms with Gasteiger partial charge in [0.1, 0.15) is 5.01 Å². The first kappa shape index (κ1) is 10.6. The lowest BCUT2D eigenvalue weighted by molar-refractivity contribution is 0.828. The lowest BCUT2D eigenvalue weighted by atomic mass is 10.2. The van der Waals surface area contributed by atoms with E-state index in [2.05, 4.69) is 43.4 Å². The van der Waals surface area contributed by atoms with Crippen molar-refractivity contribution in [1.82, 2.24) is 19.8 Å². The molecule has 3 aromatic rings. The first-order valence-corrected chi connectivity index (χ1v) is 7.40. The zero-order chi connectivity index (χ0) is 12.1. The van der Waals surface area contributed by atoms with E-state index in [4.69, 9.17) is 0 Å². The molecule has 0 aliphatic heterocycles. The van der Waals surface area contributed by atoms with E-state index < -0.39 is 0 Å². The van der Waals surface area contributed by atoms with E-state index in [1.165, 1.54) is 12.8 Å². The second-order valence-electron chi connectivity index (χ2n) is 4.44. The minimum absolute atomic E-state index is 0.569. The number of halogens is 1. The Morgan fingerprint density at radius 1 is 1.17 bits per heavy atom. The second-order valence-corrected chi connectivity index (χ2v) is 6.31. The lowest BCUT2D eigenvalue weighted by Gasteiger charge is -1.95. The maximum absolute atomic E-state index is 4.63. The number of fused-ring (bicyclic) bond motifs is 1. The molecule has 1 saturated carbocycles. The van der Waals surface area contributed by atoms with Gasteiger partial charge >= 0.3 is 0 Å². The Bertz CT molecular complexity index is 711. The minimum atomic E-state index is 0.569. The molecule has 0 unspecified atom stereocenters. The van der Waals surface area contributed by atoms with Gasteiger partial charge in [0, 0.05) is 16.0 Å². The van der Waals surface area contributed by atoms with Crippen molar-refractivity contribution in [2.24, 2.45) is 0 Å². The van der Waals surface area contributed by atoms with Crippen LogP contribution in [-0.2, 0) is 0 Å². The van der Waals surface area contributed by atoms with E-state index in [-0.39, 0.29) is 0 Å². The summed E-state index contributed by atoms with van der Waals surface area (Å²) in [6, 6.07) is 8.18. The first-order valence-electron chi connectivity index (χ1n) is 5.79. The van der Waals surface area contributed by atoms with Crippen LogP contribution in [0.4, 0.5) is 0 Å². The fraction of sp³-hybridized carbons (Fsp3) is 0.250. The lowest BCUT2D eigenvalue weighted by Crippen LogP contribution is -1.93. The molecule has 1 aliphatic rings. The highest BCUT2D eigenvalue weighted by atomic mass is 79.9. The number of aromatic nitrogens is 4. The highest BCUT2D eigenvalue weighted by molar-refractivity contribution is 9.10. The zero-order valence-electron chi connectivity index (χ0n) is 9.38. The van der Waals surface area contributed by atoms with E-state index >= 15 is 0 Å². The molecule has 1 fully saturated rings. The van der Waals surface area contributed by atoms with Crippen molar-refractivity contribution in [2.75, 3.05) is 0 Å². The van der Waals surface area contributed by atoms with Crippen molar-refractivity contribution in [2.45, 2.75) is 18.8 Å². The molecule has 6 heteroatoms. The van der Waals surface area contributed by atoms with Crippen molar-refractivity contribution >= 4 is 32.2 Å². The predicted molar refractivity (Wildman–Crippen MR) is 73.8 cm³/mol. The molecule has 0 bridgehead atoms. The Kier molecular flexibility index (Phi) is 2.28. The van der Waals surface area contributed by atoms with Crippen LogP contribution in [0.1, 0.15) is 24.6 Å². The number of benzene rings is 1. The van der Waals surface area contributed by atoms with Gasteiger partial charge in [0.2, 0.25) is 4.96 Å². The van der Waals surface area contributed by atoms with Gasteiger partial charge < -0.3 is 0 Å². The summed E-state index contributed by atoms with van der Waals surface area (Å²) < 4.78 is 2.98. The largest absolute Gasteiger partial charge is 0.234 e. The van der Waals surface area contributed by atoms with Crippen LogP contribution in [0.5, 0.6) is 0 Å². The maximum Gasteiger partial charge on any atom is 0.234 e. The van der Waals surface area contributed by atoms with E-state index in [0.717, 1.165) is 25.8 Å². The summed E-state index contributed by atoms with van der Waals surface area (Å²) in [5.41, 5.74) is 1.12. The number of hydrogen-bond donors (Lipinski definition) is 0. The predicted octanol–water partition coefficient (Wildman–Crippen LogP) is 3.49. The molecular weight excluding hydrogens is 312 g/mol. The Balaban J connectivity index is 1.83. The van der Waals surface area contributed by atoms with Crippen LogP contribution < -0.4 is 0 Å². The molecular formula is C12H9BrN4S. The van der Waals surface area contributed by atoms with Gasteiger partial charge in [0.25, 0.3) is 0 Å². The number of nitrogens with zero attached hydrogens (tertiary/aromatic N) is 4. The third kappa shape index (κ3) is 1.67. The normalized spacial score (nSPS) is 15.4. The molecule has 4 nitrogen and oxygen atoms in total. The molecule has 2 heterocycles. The average molecular weight is 321 g/mol. The van der Waals surface area contributed by atoms with Crippen LogP contribution in [0.15, 0.2) is 28.7 Å². The van der Waals surface area contributed by atoms with Crippen LogP contribution in [0, 0.1) is 0 Å². The van der Waals surface area contributed by atoms with Gasteiger partial charge in [0.15, 0.2) is 5.82 Å². The Labute approximate surface area is 116 Å². The summed E-state index contributed by atoms with van der Waals surface area (Å²) in [6.45, 7) is 0. The van der Waals surface area contributed by atoms with Gasteiger partial charge in [-0.2, -0.15) is 9.61 Å². The quantitative estimate of drug-likeness (QED) is 0.726. The molecule has 90 valence electrons. The molecule has 18 heavy (non-hydrogen) atoms. The van der Waals surface area contributed by atoms with Gasteiger partial charge in [-0.1, -0.05) is 39.4 Å². The molecule has 0 radical (unpaired) electrons. The van der Waals surface area contributed by atoms with E-state index in [0.29, 0.717) is 5.92 Å². The highest BCUT2D eigenvalue weighted by Gasteiger charge is 2.30. The topological polar surface area (TPSA) is 43.1 Å². The molecule has 4 rings (SSSR count). The molecule has 0 amide bonds. The summed E-state index contributed by atoms with van der Waals surface area (Å²) in [5, 5.41) is 14.0. The van der Waals surface area contributed by atoms with Crippen molar-refractivity contribution in [3.63, 3.8) is 0 Å². The fourth-order valence-corrected chi connectivity index (χ4v) is 3.05. The number of hydrogen-bond acceptors (Lipinski definition) is 4. The fourth-order valence-electron chi connectivity index (χ4n) is 1.94. The van der Waals surface area contributed by atoms with Gasteiger partial charge in [-0.05, 0) is 25.0 Å². The van der Waals surface area contributed by atoms with Crippen LogP contribution in [0.25, 0.3) is 15.5 Å². The first-order chi connectivity index (χ1) is 8.81. The van der Waals surface area contributed by atoms with Gasteiger partial charge in [-0.25, -0.2) is 0 Å². The smallest absolute Gasteiger partial charge is 0.187 e. The molecule has 0 spiro atoms. The summed E-state index contributed by atoms with van der Waals surface area (Å²) in [7, 11) is 0. The van der Waals surface area contributed by atoms with Crippen LogP contribution in [0.3, 0.4) is 0 Å². The molecule has 0 saturated heterocycles. The van der Waals surface area contributed by atoms with E-state index in [1.54, 1.807) is 11.3 Å². The molecule has 1 aromatic carbocycles. The third-order valence-corrected chi connectivity index (χ3v) is 4.53. The van der Waals surface area contributed by atoms with Crippen LogP contribution in [0.2, 0.25) is 0 Å². The summed E-state index contributed by atoms with van der Waals surface area (Å²) >= 11 is 5.02. The highest BCUT2D eigenvalue weighted by Crippen LogP contribution is 2.39. The molecule has 0 atom stereocenters. The monoisotopic (exact) mass is 320 g/mol. The average Bonchev–Trinajstić information content (AvgIpc) is 3.00. The molecule has 0 N–H and O–H groups in total. The van der Waals surface area contributed by atoms with Gasteiger partial charge in [-0.15, -0.1) is 10.2 Å².